The van der Waals surface area contributed by atoms with E-state index < -0.39 is 0 Å². The number of hydrogen-bond donors (Lipinski definition) is 0. The maximum absolute atomic E-state index is 11.3. The average Bonchev–Trinajstić information content (AvgIpc) is 2.86. The molecule has 1 aliphatic rings. The number of carbonyl (C=O) groups excluding carboxylic acids is 1. The smallest absolute Gasteiger partial charge is 0.136 e. The van der Waals surface area contributed by atoms with E-state index in [1.807, 2.05) is 36.4 Å². The number of Topliss-reactive ketones (excluding diaryl/α,β-unsaturated/α-hetero) is 1. The molecule has 96 valence electrons. The summed E-state index contributed by atoms with van der Waals surface area (Å²) in [5.74, 6) is 1.18. The zero-order chi connectivity index (χ0) is 13.1. The van der Waals surface area contributed by atoms with E-state index in [2.05, 4.69) is 18.2 Å². The molecule has 0 aromatic heterocycles. The van der Waals surface area contributed by atoms with Crippen LogP contribution in [0.15, 0.2) is 54.6 Å². The predicted octanol–water partition coefficient (Wildman–Crippen LogP) is 3.85. The fourth-order valence-electron chi connectivity index (χ4n) is 2.49. The van der Waals surface area contributed by atoms with Gasteiger partial charge in [0.2, 0.25) is 0 Å². The van der Waals surface area contributed by atoms with Gasteiger partial charge < -0.3 is 4.74 Å². The number of para-hydroxylation sites is 1. The normalized spacial score (nSPS) is 18.5. The van der Waals surface area contributed by atoms with Crippen LogP contribution in [-0.4, -0.2) is 11.9 Å². The quantitative estimate of drug-likeness (QED) is 0.829. The monoisotopic (exact) mass is 252 g/mol. The van der Waals surface area contributed by atoms with Crippen molar-refractivity contribution in [3.05, 3.63) is 54.6 Å². The number of benzene rings is 2. The Balaban J connectivity index is 1.88. The van der Waals surface area contributed by atoms with Gasteiger partial charge in [-0.1, -0.05) is 48.5 Å². The highest BCUT2D eigenvalue weighted by Crippen LogP contribution is 2.32. The van der Waals surface area contributed by atoms with Crippen LogP contribution in [-0.2, 0) is 4.79 Å². The van der Waals surface area contributed by atoms with Crippen molar-refractivity contribution in [2.24, 2.45) is 0 Å². The van der Waals surface area contributed by atoms with Gasteiger partial charge in [-0.25, -0.2) is 0 Å². The molecule has 1 fully saturated rings. The molecule has 0 radical (unpaired) electrons. The van der Waals surface area contributed by atoms with Gasteiger partial charge in [0.15, 0.2) is 0 Å². The Hall–Kier alpha value is -2.09. The van der Waals surface area contributed by atoms with E-state index in [1.165, 1.54) is 0 Å². The number of hydrogen-bond acceptors (Lipinski definition) is 2. The minimum Gasteiger partial charge on any atom is -0.489 e. The Morgan fingerprint density at radius 2 is 1.68 bits per heavy atom. The van der Waals surface area contributed by atoms with E-state index in [9.17, 15) is 4.79 Å². The Morgan fingerprint density at radius 1 is 0.947 bits per heavy atom. The van der Waals surface area contributed by atoms with Crippen molar-refractivity contribution in [2.45, 2.75) is 25.4 Å². The lowest BCUT2D eigenvalue weighted by atomic mass is 10.0. The van der Waals surface area contributed by atoms with E-state index in [4.69, 9.17) is 4.74 Å². The highest BCUT2D eigenvalue weighted by Gasteiger charge is 2.24. The second kappa shape index (κ2) is 5.27. The van der Waals surface area contributed by atoms with Gasteiger partial charge in [-0.15, -0.1) is 0 Å². The van der Waals surface area contributed by atoms with E-state index in [0.717, 1.165) is 23.3 Å². The fraction of sp³-hybridized carbons (Fsp3) is 0.235. The molecule has 19 heavy (non-hydrogen) atoms. The lowest BCUT2D eigenvalue weighted by Gasteiger charge is -2.16. The second-order valence-corrected chi connectivity index (χ2v) is 4.88. The number of ether oxygens (including phenoxy) is 1. The molecular weight excluding hydrogens is 236 g/mol. The molecule has 0 aliphatic heterocycles. The van der Waals surface area contributed by atoms with Crippen LogP contribution < -0.4 is 4.74 Å². The summed E-state index contributed by atoms with van der Waals surface area (Å²) in [6.45, 7) is 0. The van der Waals surface area contributed by atoms with Gasteiger partial charge in [0.1, 0.15) is 17.6 Å². The van der Waals surface area contributed by atoms with E-state index in [1.54, 1.807) is 0 Å². The van der Waals surface area contributed by atoms with Gasteiger partial charge >= 0.3 is 0 Å². The number of carbonyl (C=O) groups is 1. The second-order valence-electron chi connectivity index (χ2n) is 4.88. The first kappa shape index (κ1) is 12.0. The molecule has 1 saturated carbocycles. The van der Waals surface area contributed by atoms with E-state index in [-0.39, 0.29) is 6.10 Å². The van der Waals surface area contributed by atoms with Crippen molar-refractivity contribution in [1.82, 2.24) is 0 Å². The molecule has 0 amide bonds. The van der Waals surface area contributed by atoms with Crippen molar-refractivity contribution in [3.8, 4) is 16.9 Å². The fourth-order valence-corrected chi connectivity index (χ4v) is 2.49. The highest BCUT2D eigenvalue weighted by molar-refractivity contribution is 5.81. The number of ketones is 1. The molecule has 0 bridgehead atoms. The topological polar surface area (TPSA) is 26.3 Å². The van der Waals surface area contributed by atoms with Crippen molar-refractivity contribution < 1.29 is 9.53 Å². The molecule has 2 heteroatoms. The molecule has 2 aromatic carbocycles. The third-order valence-electron chi connectivity index (χ3n) is 3.47. The Labute approximate surface area is 113 Å². The molecule has 2 nitrogen and oxygen atoms in total. The Bertz CT molecular complexity index is 575. The molecular formula is C17H16O2. The third kappa shape index (κ3) is 2.68. The van der Waals surface area contributed by atoms with Crippen LogP contribution in [0.4, 0.5) is 0 Å². The summed E-state index contributed by atoms with van der Waals surface area (Å²) >= 11 is 0. The minimum atomic E-state index is 0.0392. The summed E-state index contributed by atoms with van der Waals surface area (Å²) < 4.78 is 6.01. The number of rotatable bonds is 3. The molecule has 2 aromatic rings. The lowest BCUT2D eigenvalue weighted by molar-refractivity contribution is -0.117. The maximum atomic E-state index is 11.3. The van der Waals surface area contributed by atoms with E-state index >= 15 is 0 Å². The Kier molecular flexibility index (Phi) is 3.32. The average molecular weight is 252 g/mol. The molecule has 3 rings (SSSR count). The standard InChI is InChI=1S/C17H16O2/c18-14-10-11-15(12-14)19-17-9-5-4-8-16(17)13-6-2-1-3-7-13/h1-9,15H,10-12H2. The largest absolute Gasteiger partial charge is 0.489 e. The molecule has 0 saturated heterocycles. The van der Waals surface area contributed by atoms with E-state index in [0.29, 0.717) is 18.6 Å². The summed E-state index contributed by atoms with van der Waals surface area (Å²) in [6, 6.07) is 18.2. The summed E-state index contributed by atoms with van der Waals surface area (Å²) in [4.78, 5) is 11.3. The summed E-state index contributed by atoms with van der Waals surface area (Å²) in [5.41, 5.74) is 2.23. The zero-order valence-corrected chi connectivity index (χ0v) is 10.7. The molecule has 1 atom stereocenters. The van der Waals surface area contributed by atoms with Crippen LogP contribution in [0, 0.1) is 0 Å². The first-order chi connectivity index (χ1) is 9.33. The van der Waals surface area contributed by atoms with Gasteiger partial charge in [-0.2, -0.15) is 0 Å². The van der Waals surface area contributed by atoms with Gasteiger partial charge in [-0.05, 0) is 18.1 Å². The zero-order valence-electron chi connectivity index (χ0n) is 10.7. The molecule has 0 spiro atoms. The molecule has 1 aliphatic carbocycles. The summed E-state index contributed by atoms with van der Waals surface area (Å²) in [6.07, 6.45) is 2.07. The summed E-state index contributed by atoms with van der Waals surface area (Å²) in [7, 11) is 0. The third-order valence-corrected chi connectivity index (χ3v) is 3.47. The highest BCUT2D eigenvalue weighted by atomic mass is 16.5. The first-order valence-corrected chi connectivity index (χ1v) is 6.66. The molecule has 1 unspecified atom stereocenters. The van der Waals surface area contributed by atoms with Crippen molar-refractivity contribution in [1.29, 1.82) is 0 Å². The van der Waals surface area contributed by atoms with Crippen LogP contribution in [0.25, 0.3) is 11.1 Å². The minimum absolute atomic E-state index is 0.0392. The Morgan fingerprint density at radius 3 is 2.42 bits per heavy atom. The van der Waals surface area contributed by atoms with Crippen LogP contribution in [0.3, 0.4) is 0 Å². The first-order valence-electron chi connectivity index (χ1n) is 6.66. The lowest BCUT2D eigenvalue weighted by Crippen LogP contribution is -2.12. The maximum Gasteiger partial charge on any atom is 0.136 e. The van der Waals surface area contributed by atoms with Crippen LogP contribution in [0.2, 0.25) is 0 Å². The van der Waals surface area contributed by atoms with Crippen LogP contribution >= 0.6 is 0 Å². The van der Waals surface area contributed by atoms with Crippen molar-refractivity contribution in [2.75, 3.05) is 0 Å². The predicted molar refractivity (Wildman–Crippen MR) is 75.2 cm³/mol. The van der Waals surface area contributed by atoms with Gasteiger partial charge in [0.25, 0.3) is 0 Å². The molecule has 0 heterocycles. The van der Waals surface area contributed by atoms with Gasteiger partial charge in [0.05, 0.1) is 0 Å². The van der Waals surface area contributed by atoms with Crippen LogP contribution in [0.5, 0.6) is 5.75 Å². The van der Waals surface area contributed by atoms with Crippen molar-refractivity contribution >= 4 is 5.78 Å². The SMILES string of the molecule is O=C1CCC(Oc2ccccc2-c2ccccc2)C1. The van der Waals surface area contributed by atoms with Gasteiger partial charge in [0, 0.05) is 18.4 Å². The van der Waals surface area contributed by atoms with Crippen LogP contribution in [0.1, 0.15) is 19.3 Å². The van der Waals surface area contributed by atoms with Crippen molar-refractivity contribution in [3.63, 3.8) is 0 Å². The van der Waals surface area contributed by atoms with Gasteiger partial charge in [-0.3, -0.25) is 4.79 Å². The summed E-state index contributed by atoms with van der Waals surface area (Å²) in [5, 5.41) is 0. The molecule has 0 N–H and O–H groups in total.